The maximum absolute atomic E-state index is 10.5. The average molecular weight is 356 g/mol. The number of quaternary nitrogens is 1. The van der Waals surface area contributed by atoms with Gasteiger partial charge in [-0.3, -0.25) is 0 Å². The summed E-state index contributed by atoms with van der Waals surface area (Å²) in [6.45, 7) is 7.07. The largest absolute Gasteiger partial charge is 0.385 e. The van der Waals surface area contributed by atoms with Crippen LogP contribution in [0.25, 0.3) is 0 Å². The second-order valence-electron chi connectivity index (χ2n) is 7.31. The second-order valence-corrected chi connectivity index (χ2v) is 7.31. The van der Waals surface area contributed by atoms with Gasteiger partial charge in [-0.1, -0.05) is 60.7 Å². The zero-order chi connectivity index (χ0) is 18.4. The van der Waals surface area contributed by atoms with Crippen molar-refractivity contribution in [2.45, 2.75) is 38.3 Å². The molecule has 0 bridgehead atoms. The van der Waals surface area contributed by atoms with Gasteiger partial charge < -0.3 is 19.5 Å². The third kappa shape index (κ3) is 5.39. The lowest BCUT2D eigenvalue weighted by atomic mass is 10.0. The van der Waals surface area contributed by atoms with Crippen LogP contribution in [0, 0.1) is 0 Å². The number of morpholine rings is 1. The third-order valence-electron chi connectivity index (χ3n) is 4.80. The molecule has 2 aromatic carbocycles. The molecule has 0 radical (unpaired) electrons. The van der Waals surface area contributed by atoms with Gasteiger partial charge >= 0.3 is 0 Å². The third-order valence-corrected chi connectivity index (χ3v) is 4.80. The number of aliphatic hydroxyl groups is 1. The van der Waals surface area contributed by atoms with Gasteiger partial charge in [0.2, 0.25) is 0 Å². The average Bonchev–Trinajstić information content (AvgIpc) is 2.63. The van der Waals surface area contributed by atoms with Crippen molar-refractivity contribution in [3.63, 3.8) is 0 Å². The summed E-state index contributed by atoms with van der Waals surface area (Å²) in [5.41, 5.74) is 2.21. The van der Waals surface area contributed by atoms with Gasteiger partial charge in [-0.15, -0.1) is 0 Å². The summed E-state index contributed by atoms with van der Waals surface area (Å²) in [5, 5.41) is 10.5. The van der Waals surface area contributed by atoms with Crippen LogP contribution >= 0.6 is 0 Å². The van der Waals surface area contributed by atoms with Gasteiger partial charge in [0.05, 0.1) is 6.61 Å². The zero-order valence-corrected chi connectivity index (χ0v) is 15.7. The summed E-state index contributed by atoms with van der Waals surface area (Å²) in [4.78, 5) is 1.38. The maximum Gasteiger partial charge on any atom is 0.126 e. The first-order valence-electron chi connectivity index (χ1n) is 9.50. The Morgan fingerprint density at radius 1 is 0.962 bits per heavy atom. The number of aliphatic hydroxyl groups excluding tert-OH is 1. The Labute approximate surface area is 156 Å². The van der Waals surface area contributed by atoms with Crippen LogP contribution in [0.15, 0.2) is 60.7 Å². The Kier molecular flexibility index (Phi) is 6.80. The minimum absolute atomic E-state index is 0.162. The lowest BCUT2D eigenvalue weighted by molar-refractivity contribution is -0.918. The molecule has 1 fully saturated rings. The van der Waals surface area contributed by atoms with Gasteiger partial charge in [0.1, 0.15) is 44.1 Å². The van der Waals surface area contributed by atoms with Crippen molar-refractivity contribution >= 4 is 0 Å². The Hall–Kier alpha value is -1.72. The smallest absolute Gasteiger partial charge is 0.126 e. The molecule has 26 heavy (non-hydrogen) atoms. The molecule has 3 rings (SSSR count). The predicted molar refractivity (Wildman–Crippen MR) is 102 cm³/mol. The van der Waals surface area contributed by atoms with Gasteiger partial charge in [-0.05, 0) is 25.0 Å². The molecule has 0 aliphatic carbocycles. The van der Waals surface area contributed by atoms with E-state index in [9.17, 15) is 5.11 Å². The van der Waals surface area contributed by atoms with E-state index in [0.717, 1.165) is 24.2 Å². The molecule has 4 heteroatoms. The Bertz CT molecular complexity index is 599. The van der Waals surface area contributed by atoms with E-state index < -0.39 is 6.10 Å². The molecule has 1 heterocycles. The molecule has 1 saturated heterocycles. The number of benzene rings is 2. The van der Waals surface area contributed by atoms with Crippen LogP contribution in [0.2, 0.25) is 0 Å². The van der Waals surface area contributed by atoms with Crippen LogP contribution in [0.1, 0.15) is 31.1 Å². The van der Waals surface area contributed by atoms with Gasteiger partial charge in [-0.25, -0.2) is 0 Å². The second kappa shape index (κ2) is 9.28. The molecule has 3 atom stereocenters. The van der Waals surface area contributed by atoms with E-state index in [4.69, 9.17) is 9.47 Å². The molecule has 140 valence electrons. The summed E-state index contributed by atoms with van der Waals surface area (Å²) >= 11 is 0. The van der Waals surface area contributed by atoms with E-state index in [2.05, 4.69) is 38.1 Å². The van der Waals surface area contributed by atoms with Crippen LogP contribution in [0.5, 0.6) is 0 Å². The highest BCUT2D eigenvalue weighted by Gasteiger charge is 2.27. The monoisotopic (exact) mass is 356 g/mol. The molecule has 0 unspecified atom stereocenters. The molecular formula is C22H30NO3+. The molecule has 4 nitrogen and oxygen atoms in total. The lowest BCUT2D eigenvalue weighted by Gasteiger charge is -2.33. The molecule has 0 aromatic heterocycles. The Morgan fingerprint density at radius 3 is 1.96 bits per heavy atom. The van der Waals surface area contributed by atoms with Crippen LogP contribution in [-0.4, -0.2) is 49.7 Å². The highest BCUT2D eigenvalue weighted by Crippen LogP contribution is 2.25. The molecule has 1 aliphatic heterocycles. The highest BCUT2D eigenvalue weighted by molar-refractivity contribution is 5.29. The van der Waals surface area contributed by atoms with E-state index in [1.807, 2.05) is 36.4 Å². The first-order chi connectivity index (χ1) is 12.6. The first kappa shape index (κ1) is 19.1. The summed E-state index contributed by atoms with van der Waals surface area (Å²) < 4.78 is 12.0. The Balaban J connectivity index is 1.61. The van der Waals surface area contributed by atoms with Gasteiger partial charge in [0.25, 0.3) is 0 Å². The normalized spacial score (nSPS) is 24.5. The van der Waals surface area contributed by atoms with Gasteiger partial charge in [0, 0.05) is 0 Å². The van der Waals surface area contributed by atoms with E-state index in [1.54, 1.807) is 0 Å². The van der Waals surface area contributed by atoms with Crippen molar-refractivity contribution in [3.8, 4) is 0 Å². The van der Waals surface area contributed by atoms with Crippen LogP contribution < -0.4 is 4.90 Å². The van der Waals surface area contributed by atoms with E-state index in [-0.39, 0.29) is 18.3 Å². The predicted octanol–water partition coefficient (Wildman–Crippen LogP) is 1.85. The molecule has 0 spiro atoms. The lowest BCUT2D eigenvalue weighted by Crippen LogP contribution is -3.16. The molecule has 0 saturated carbocycles. The summed E-state index contributed by atoms with van der Waals surface area (Å²) in [6, 6.07) is 20.4. The van der Waals surface area contributed by atoms with Gasteiger partial charge in [-0.2, -0.15) is 0 Å². The number of ether oxygens (including phenoxy) is 2. The fourth-order valence-electron chi connectivity index (χ4n) is 3.80. The number of hydrogen-bond donors (Lipinski definition) is 2. The van der Waals surface area contributed by atoms with Crippen LogP contribution in [-0.2, 0) is 9.47 Å². The van der Waals surface area contributed by atoms with Crippen LogP contribution in [0.4, 0.5) is 0 Å². The fraction of sp³-hybridized carbons (Fsp3) is 0.455. The highest BCUT2D eigenvalue weighted by atomic mass is 16.5. The first-order valence-corrected chi connectivity index (χ1v) is 9.50. The van der Waals surface area contributed by atoms with Crippen molar-refractivity contribution in [1.29, 1.82) is 0 Å². The standard InChI is InChI=1S/C22H29NO3/c1-17-13-23(14-18(2)26-17)15-21(24)16-25-22(19-9-5-3-6-10-19)20-11-7-4-8-12-20/h3-12,17-18,21-22,24H,13-16H2,1-2H3/p+1/t17-,18-,21+/m1/s1. The van der Waals surface area contributed by atoms with Gasteiger partial charge in [0.15, 0.2) is 0 Å². The van der Waals surface area contributed by atoms with Crippen LogP contribution in [0.3, 0.4) is 0 Å². The van der Waals surface area contributed by atoms with Crippen molar-refractivity contribution in [1.82, 2.24) is 0 Å². The molecule has 0 amide bonds. The fourth-order valence-corrected chi connectivity index (χ4v) is 3.80. The summed E-state index contributed by atoms with van der Waals surface area (Å²) in [6.07, 6.45) is -0.173. The summed E-state index contributed by atoms with van der Waals surface area (Å²) in [5.74, 6) is 0. The minimum Gasteiger partial charge on any atom is -0.385 e. The SMILES string of the molecule is C[C@@H]1C[NH+](C[C@H](O)COC(c2ccccc2)c2ccccc2)C[C@@H](C)O1. The quantitative estimate of drug-likeness (QED) is 0.796. The van der Waals surface area contributed by atoms with Crippen molar-refractivity contribution in [3.05, 3.63) is 71.8 Å². The minimum atomic E-state index is -0.488. The summed E-state index contributed by atoms with van der Waals surface area (Å²) in [7, 11) is 0. The maximum atomic E-state index is 10.5. The topological polar surface area (TPSA) is 43.1 Å². The molecule has 1 aliphatic rings. The van der Waals surface area contributed by atoms with E-state index in [0.29, 0.717) is 13.2 Å². The van der Waals surface area contributed by atoms with Crippen molar-refractivity contribution < 1.29 is 19.5 Å². The molecule has 2 aromatic rings. The Morgan fingerprint density at radius 2 is 1.46 bits per heavy atom. The van der Waals surface area contributed by atoms with Crippen molar-refractivity contribution in [2.24, 2.45) is 0 Å². The number of nitrogens with one attached hydrogen (secondary N) is 1. The zero-order valence-electron chi connectivity index (χ0n) is 15.7. The van der Waals surface area contributed by atoms with E-state index in [1.165, 1.54) is 4.90 Å². The number of rotatable bonds is 7. The molecular weight excluding hydrogens is 326 g/mol. The number of hydrogen-bond acceptors (Lipinski definition) is 3. The molecule has 2 N–H and O–H groups in total. The van der Waals surface area contributed by atoms with E-state index >= 15 is 0 Å². The van der Waals surface area contributed by atoms with Crippen molar-refractivity contribution in [2.75, 3.05) is 26.2 Å².